The number of ether oxygens (including phenoxy) is 1. The zero-order valence-corrected chi connectivity index (χ0v) is 20.4. The molecule has 1 saturated heterocycles. The molecule has 1 heterocycles. The summed E-state index contributed by atoms with van der Waals surface area (Å²) < 4.78 is 34.7. The first-order valence-corrected chi connectivity index (χ1v) is 13.3. The Hall–Kier alpha value is -2.48. The van der Waals surface area contributed by atoms with Crippen LogP contribution < -0.4 is 0 Å². The highest BCUT2D eigenvalue weighted by atomic mass is 35.5. The molecule has 0 amide bonds. The lowest BCUT2D eigenvalue weighted by atomic mass is 9.97. The maximum atomic E-state index is 13.8. The number of benzene rings is 4. The van der Waals surface area contributed by atoms with E-state index in [1.54, 1.807) is 28.6 Å². The second-order valence-corrected chi connectivity index (χ2v) is 10.9. The molecule has 34 heavy (non-hydrogen) atoms. The molecule has 5 rings (SSSR count). The number of sulfonamides is 1. The third-order valence-electron chi connectivity index (χ3n) is 6.44. The van der Waals surface area contributed by atoms with Crippen molar-refractivity contribution in [2.45, 2.75) is 11.4 Å². The van der Waals surface area contributed by atoms with Crippen LogP contribution in [0, 0.1) is 0 Å². The van der Waals surface area contributed by atoms with Gasteiger partial charge in [-0.2, -0.15) is 4.31 Å². The predicted octanol–water partition coefficient (Wildman–Crippen LogP) is 5.17. The number of nitrogens with zero attached hydrogens (tertiary/aromatic N) is 2. The van der Waals surface area contributed by atoms with Crippen LogP contribution in [-0.2, 0) is 21.3 Å². The van der Waals surface area contributed by atoms with Crippen molar-refractivity contribution in [2.75, 3.05) is 39.4 Å². The molecule has 1 aliphatic rings. The molecule has 5 nitrogen and oxygen atoms in total. The van der Waals surface area contributed by atoms with Gasteiger partial charge in [0.2, 0.25) is 10.0 Å². The largest absolute Gasteiger partial charge is 0.379 e. The summed E-state index contributed by atoms with van der Waals surface area (Å²) >= 11 is 6.04. The second-order valence-electron chi connectivity index (χ2n) is 8.54. The van der Waals surface area contributed by atoms with Gasteiger partial charge in [0.25, 0.3) is 0 Å². The van der Waals surface area contributed by atoms with Crippen LogP contribution >= 0.6 is 11.6 Å². The van der Waals surface area contributed by atoms with Crippen molar-refractivity contribution < 1.29 is 13.2 Å². The van der Waals surface area contributed by atoms with Gasteiger partial charge in [0, 0.05) is 37.7 Å². The molecular formula is C27H27ClN2O3S. The summed E-state index contributed by atoms with van der Waals surface area (Å²) in [7, 11) is -3.74. The zero-order chi connectivity index (χ0) is 23.5. The molecule has 1 aliphatic heterocycles. The molecule has 4 aromatic rings. The van der Waals surface area contributed by atoms with Gasteiger partial charge < -0.3 is 4.74 Å². The van der Waals surface area contributed by atoms with E-state index in [2.05, 4.69) is 35.2 Å². The van der Waals surface area contributed by atoms with E-state index in [9.17, 15) is 8.42 Å². The fourth-order valence-corrected chi connectivity index (χ4v) is 6.10. The Labute approximate surface area is 205 Å². The van der Waals surface area contributed by atoms with Crippen LogP contribution in [0.3, 0.4) is 0 Å². The molecule has 0 saturated carbocycles. The average Bonchev–Trinajstić information content (AvgIpc) is 2.86. The normalized spacial score (nSPS) is 15.4. The van der Waals surface area contributed by atoms with Gasteiger partial charge in [0.1, 0.15) is 0 Å². The molecule has 0 unspecified atom stereocenters. The standard InChI is InChI=1S/C27H27ClN2O3S/c28-23-9-11-24(12-10-23)34(31,32)30(14-13-29-15-17-33-18-16-29)20-27-25-7-3-1-5-21(25)19-22-6-2-4-8-26(22)27/h1-12,19H,13-18,20H2. The highest BCUT2D eigenvalue weighted by molar-refractivity contribution is 7.89. The molecule has 0 atom stereocenters. The molecule has 0 spiro atoms. The van der Waals surface area contributed by atoms with Crippen LogP contribution in [-0.4, -0.2) is 57.0 Å². The van der Waals surface area contributed by atoms with Gasteiger partial charge in [-0.05, 0) is 57.4 Å². The minimum atomic E-state index is -3.74. The van der Waals surface area contributed by atoms with Crippen molar-refractivity contribution in [3.05, 3.63) is 89.4 Å². The van der Waals surface area contributed by atoms with Gasteiger partial charge in [-0.25, -0.2) is 8.42 Å². The van der Waals surface area contributed by atoms with Crippen molar-refractivity contribution in [1.29, 1.82) is 0 Å². The molecule has 0 radical (unpaired) electrons. The van der Waals surface area contributed by atoms with Crippen LogP contribution in [0.5, 0.6) is 0 Å². The van der Waals surface area contributed by atoms with Crippen LogP contribution in [0.25, 0.3) is 21.5 Å². The van der Waals surface area contributed by atoms with Gasteiger partial charge in [0.15, 0.2) is 0 Å². The summed E-state index contributed by atoms with van der Waals surface area (Å²) in [5.74, 6) is 0. The van der Waals surface area contributed by atoms with E-state index in [0.29, 0.717) is 31.3 Å². The fraction of sp³-hybridized carbons (Fsp3) is 0.259. The molecule has 176 valence electrons. The first-order chi connectivity index (χ1) is 16.5. The average molecular weight is 495 g/mol. The van der Waals surface area contributed by atoms with Gasteiger partial charge in [-0.1, -0.05) is 60.1 Å². The topological polar surface area (TPSA) is 49.9 Å². The van der Waals surface area contributed by atoms with Crippen molar-refractivity contribution in [1.82, 2.24) is 9.21 Å². The molecular weight excluding hydrogens is 468 g/mol. The van der Waals surface area contributed by atoms with E-state index >= 15 is 0 Å². The Balaban J connectivity index is 1.57. The molecule has 0 bridgehead atoms. The Morgan fingerprint density at radius 3 is 2.06 bits per heavy atom. The van der Waals surface area contributed by atoms with E-state index in [0.717, 1.165) is 40.2 Å². The van der Waals surface area contributed by atoms with Crippen LogP contribution in [0.4, 0.5) is 0 Å². The number of fused-ring (bicyclic) bond motifs is 2. The third kappa shape index (κ3) is 4.83. The van der Waals surface area contributed by atoms with E-state index in [1.807, 2.05) is 24.3 Å². The number of halogens is 1. The first-order valence-electron chi connectivity index (χ1n) is 11.5. The Morgan fingerprint density at radius 2 is 1.44 bits per heavy atom. The molecule has 0 aromatic heterocycles. The lowest BCUT2D eigenvalue weighted by Gasteiger charge is -2.30. The number of morpholine rings is 1. The summed E-state index contributed by atoms with van der Waals surface area (Å²) in [6, 6.07) is 24.9. The van der Waals surface area contributed by atoms with Crippen LogP contribution in [0.15, 0.2) is 83.8 Å². The van der Waals surface area contributed by atoms with Gasteiger partial charge in [-0.3, -0.25) is 4.90 Å². The van der Waals surface area contributed by atoms with Gasteiger partial charge in [0.05, 0.1) is 18.1 Å². The monoisotopic (exact) mass is 494 g/mol. The van der Waals surface area contributed by atoms with Gasteiger partial charge in [-0.15, -0.1) is 0 Å². The summed E-state index contributed by atoms with van der Waals surface area (Å²) in [6.45, 7) is 4.31. The molecule has 0 aliphatic carbocycles. The smallest absolute Gasteiger partial charge is 0.243 e. The van der Waals surface area contributed by atoms with Crippen molar-refractivity contribution >= 4 is 43.2 Å². The summed E-state index contributed by atoms with van der Waals surface area (Å²) in [5.41, 5.74) is 1.02. The van der Waals surface area contributed by atoms with E-state index in [-0.39, 0.29) is 11.4 Å². The molecule has 7 heteroatoms. The van der Waals surface area contributed by atoms with Crippen LogP contribution in [0.2, 0.25) is 5.02 Å². The predicted molar refractivity (Wildman–Crippen MR) is 138 cm³/mol. The number of rotatable bonds is 7. The lowest BCUT2D eigenvalue weighted by molar-refractivity contribution is 0.0361. The van der Waals surface area contributed by atoms with E-state index in [1.165, 1.54) is 0 Å². The Bertz CT molecular complexity index is 1350. The third-order valence-corrected chi connectivity index (χ3v) is 8.55. The summed E-state index contributed by atoms with van der Waals surface area (Å²) in [6.07, 6.45) is 0. The quantitative estimate of drug-likeness (QED) is 0.333. The van der Waals surface area contributed by atoms with Crippen molar-refractivity contribution in [3.63, 3.8) is 0 Å². The highest BCUT2D eigenvalue weighted by Crippen LogP contribution is 2.31. The lowest BCUT2D eigenvalue weighted by Crippen LogP contribution is -2.42. The number of hydrogen-bond donors (Lipinski definition) is 0. The van der Waals surface area contributed by atoms with E-state index < -0.39 is 10.0 Å². The highest BCUT2D eigenvalue weighted by Gasteiger charge is 2.27. The Morgan fingerprint density at radius 1 is 0.853 bits per heavy atom. The minimum Gasteiger partial charge on any atom is -0.379 e. The first kappa shape index (κ1) is 23.3. The van der Waals surface area contributed by atoms with Crippen molar-refractivity contribution in [2.24, 2.45) is 0 Å². The molecule has 0 N–H and O–H groups in total. The Kier molecular flexibility index (Phi) is 6.86. The second kappa shape index (κ2) is 10.0. The van der Waals surface area contributed by atoms with E-state index in [4.69, 9.17) is 16.3 Å². The number of hydrogen-bond acceptors (Lipinski definition) is 4. The zero-order valence-electron chi connectivity index (χ0n) is 18.9. The molecule has 4 aromatic carbocycles. The summed E-state index contributed by atoms with van der Waals surface area (Å²) in [4.78, 5) is 2.51. The van der Waals surface area contributed by atoms with Crippen LogP contribution in [0.1, 0.15) is 5.56 Å². The minimum absolute atomic E-state index is 0.253. The summed E-state index contributed by atoms with van der Waals surface area (Å²) in [5, 5.41) is 4.87. The molecule has 1 fully saturated rings. The van der Waals surface area contributed by atoms with Gasteiger partial charge >= 0.3 is 0 Å². The SMILES string of the molecule is O=S(=O)(c1ccc(Cl)cc1)N(CCN1CCOCC1)Cc1c2ccccc2cc2ccccc12. The van der Waals surface area contributed by atoms with Crippen molar-refractivity contribution in [3.8, 4) is 0 Å². The maximum absolute atomic E-state index is 13.8. The maximum Gasteiger partial charge on any atom is 0.243 e. The fourth-order valence-electron chi connectivity index (χ4n) is 4.57.